The summed E-state index contributed by atoms with van der Waals surface area (Å²) in [6.07, 6.45) is 1.61. The Kier molecular flexibility index (Phi) is 6.02. The molecule has 1 aromatic rings. The zero-order valence-electron chi connectivity index (χ0n) is 14.1. The number of carbonyl (C=O) groups is 2. The van der Waals surface area contributed by atoms with Crippen LogP contribution in [0.5, 0.6) is 0 Å². The predicted octanol–water partition coefficient (Wildman–Crippen LogP) is 3.47. The quantitative estimate of drug-likeness (QED) is 0.630. The maximum Gasteiger partial charge on any atom is 0.412 e. The fourth-order valence-corrected chi connectivity index (χ4v) is 2.94. The molecule has 0 aliphatic carbocycles. The molecular weight excluding hydrogens is 294 g/mol. The minimum atomic E-state index is -0.848. The fraction of sp³-hybridized carbons (Fsp3) is 0.556. The van der Waals surface area contributed by atoms with Gasteiger partial charge in [-0.25, -0.2) is 4.79 Å². The highest BCUT2D eigenvalue weighted by Crippen LogP contribution is 2.29. The van der Waals surface area contributed by atoms with Crippen molar-refractivity contribution in [3.63, 3.8) is 0 Å². The van der Waals surface area contributed by atoms with Gasteiger partial charge in [0.1, 0.15) is 0 Å². The SMILES string of the molecule is CCc1cccc(C2CCN(C(=O)OC(C)OC(C)=O)CC2)c1. The summed E-state index contributed by atoms with van der Waals surface area (Å²) in [4.78, 5) is 24.6. The molecule has 1 heterocycles. The van der Waals surface area contributed by atoms with Gasteiger partial charge >= 0.3 is 12.1 Å². The van der Waals surface area contributed by atoms with Crippen molar-refractivity contribution in [3.8, 4) is 0 Å². The van der Waals surface area contributed by atoms with Crippen LogP contribution in [0.2, 0.25) is 0 Å². The Bertz CT molecular complexity index is 550. The highest BCUT2D eigenvalue weighted by molar-refractivity contribution is 5.69. The maximum atomic E-state index is 12.0. The van der Waals surface area contributed by atoms with Gasteiger partial charge in [-0.3, -0.25) is 4.79 Å². The van der Waals surface area contributed by atoms with Gasteiger partial charge in [0.2, 0.25) is 6.29 Å². The van der Waals surface area contributed by atoms with Gasteiger partial charge in [0, 0.05) is 26.9 Å². The predicted molar refractivity (Wildman–Crippen MR) is 87.1 cm³/mol. The molecule has 0 N–H and O–H groups in total. The van der Waals surface area contributed by atoms with E-state index in [9.17, 15) is 9.59 Å². The van der Waals surface area contributed by atoms with Crippen molar-refractivity contribution in [3.05, 3.63) is 35.4 Å². The van der Waals surface area contributed by atoms with E-state index in [0.29, 0.717) is 19.0 Å². The van der Waals surface area contributed by atoms with Crippen molar-refractivity contribution in [2.45, 2.75) is 52.2 Å². The number of hydrogen-bond acceptors (Lipinski definition) is 4. The monoisotopic (exact) mass is 319 g/mol. The van der Waals surface area contributed by atoms with Crippen molar-refractivity contribution in [1.82, 2.24) is 4.90 Å². The van der Waals surface area contributed by atoms with Gasteiger partial charge in [-0.05, 0) is 36.3 Å². The van der Waals surface area contributed by atoms with Crippen molar-refractivity contribution in [2.75, 3.05) is 13.1 Å². The van der Waals surface area contributed by atoms with Crippen molar-refractivity contribution < 1.29 is 19.1 Å². The van der Waals surface area contributed by atoms with Gasteiger partial charge in [-0.2, -0.15) is 0 Å². The molecular formula is C18H25NO4. The highest BCUT2D eigenvalue weighted by Gasteiger charge is 2.26. The molecule has 23 heavy (non-hydrogen) atoms. The van der Waals surface area contributed by atoms with Crippen LogP contribution in [0.15, 0.2) is 24.3 Å². The number of amides is 1. The Balaban J connectivity index is 1.85. The topological polar surface area (TPSA) is 55.8 Å². The third kappa shape index (κ3) is 4.98. The summed E-state index contributed by atoms with van der Waals surface area (Å²) in [6.45, 7) is 6.31. The second-order valence-electron chi connectivity index (χ2n) is 5.92. The Morgan fingerprint density at radius 1 is 1.26 bits per heavy atom. The molecule has 126 valence electrons. The largest absolute Gasteiger partial charge is 0.426 e. The van der Waals surface area contributed by atoms with E-state index in [0.717, 1.165) is 19.3 Å². The number of benzene rings is 1. The van der Waals surface area contributed by atoms with Gasteiger partial charge in [-0.1, -0.05) is 31.2 Å². The molecule has 1 saturated heterocycles. The summed E-state index contributed by atoms with van der Waals surface area (Å²) in [5.74, 6) is 0.0243. The molecule has 1 amide bonds. The van der Waals surface area contributed by atoms with E-state index in [1.165, 1.54) is 18.1 Å². The van der Waals surface area contributed by atoms with Crippen LogP contribution in [0.1, 0.15) is 50.7 Å². The van der Waals surface area contributed by atoms with Crippen molar-refractivity contribution in [2.24, 2.45) is 0 Å². The number of ether oxygens (including phenoxy) is 2. The summed E-state index contributed by atoms with van der Waals surface area (Å²) in [5.41, 5.74) is 2.70. The average Bonchev–Trinajstić information content (AvgIpc) is 2.54. The Labute approximate surface area is 137 Å². The molecule has 1 atom stereocenters. The van der Waals surface area contributed by atoms with Crippen molar-refractivity contribution >= 4 is 12.1 Å². The standard InChI is InChI=1S/C18H25NO4/c1-4-15-6-5-7-17(12-15)16-8-10-19(11-9-16)18(21)23-14(3)22-13(2)20/h5-7,12,14,16H,4,8-11H2,1-3H3. The molecule has 1 aromatic carbocycles. The van der Waals surface area contributed by atoms with E-state index in [4.69, 9.17) is 9.47 Å². The van der Waals surface area contributed by atoms with E-state index in [-0.39, 0.29) is 0 Å². The maximum absolute atomic E-state index is 12.0. The van der Waals surface area contributed by atoms with Crippen LogP contribution in [0.3, 0.4) is 0 Å². The molecule has 2 rings (SSSR count). The van der Waals surface area contributed by atoms with Gasteiger partial charge in [0.15, 0.2) is 0 Å². The molecule has 1 aliphatic rings. The molecule has 0 spiro atoms. The smallest absolute Gasteiger partial charge is 0.412 e. The van der Waals surface area contributed by atoms with E-state index in [2.05, 4.69) is 31.2 Å². The van der Waals surface area contributed by atoms with Gasteiger partial charge in [0.05, 0.1) is 0 Å². The number of rotatable bonds is 4. The normalized spacial score (nSPS) is 16.7. The number of carbonyl (C=O) groups excluding carboxylic acids is 2. The van der Waals surface area contributed by atoms with Gasteiger partial charge in [0.25, 0.3) is 0 Å². The Morgan fingerprint density at radius 3 is 2.57 bits per heavy atom. The van der Waals surface area contributed by atoms with Crippen LogP contribution in [0, 0.1) is 0 Å². The molecule has 0 bridgehead atoms. The molecule has 0 saturated carbocycles. The molecule has 1 unspecified atom stereocenters. The minimum absolute atomic E-state index is 0.417. The molecule has 5 heteroatoms. The molecule has 0 radical (unpaired) electrons. The first-order valence-electron chi connectivity index (χ1n) is 8.21. The zero-order chi connectivity index (χ0) is 16.8. The summed E-state index contributed by atoms with van der Waals surface area (Å²) < 4.78 is 9.94. The number of hydrogen-bond donors (Lipinski definition) is 0. The van der Waals surface area contributed by atoms with E-state index < -0.39 is 18.4 Å². The van der Waals surface area contributed by atoms with Crippen LogP contribution >= 0.6 is 0 Å². The molecule has 1 fully saturated rings. The second kappa shape index (κ2) is 7.99. The lowest BCUT2D eigenvalue weighted by Crippen LogP contribution is -2.40. The summed E-state index contributed by atoms with van der Waals surface area (Å²) in [6, 6.07) is 8.68. The van der Waals surface area contributed by atoms with Crippen LogP contribution < -0.4 is 0 Å². The first kappa shape index (κ1) is 17.3. The first-order valence-corrected chi connectivity index (χ1v) is 8.21. The molecule has 1 aliphatic heterocycles. The van der Waals surface area contributed by atoms with Gasteiger partial charge < -0.3 is 14.4 Å². The third-order valence-corrected chi connectivity index (χ3v) is 4.18. The van der Waals surface area contributed by atoms with Gasteiger partial charge in [-0.15, -0.1) is 0 Å². The number of nitrogens with zero attached hydrogens (tertiary/aromatic N) is 1. The van der Waals surface area contributed by atoms with Crippen molar-refractivity contribution in [1.29, 1.82) is 0 Å². The number of aryl methyl sites for hydroxylation is 1. The van der Waals surface area contributed by atoms with E-state index in [1.807, 2.05) is 0 Å². The van der Waals surface area contributed by atoms with E-state index >= 15 is 0 Å². The van der Waals surface area contributed by atoms with Crippen LogP contribution in [0.25, 0.3) is 0 Å². The highest BCUT2D eigenvalue weighted by atomic mass is 16.7. The lowest BCUT2D eigenvalue weighted by Gasteiger charge is -2.32. The lowest BCUT2D eigenvalue weighted by atomic mass is 9.88. The third-order valence-electron chi connectivity index (χ3n) is 4.18. The van der Waals surface area contributed by atoms with Crippen LogP contribution in [-0.2, 0) is 20.7 Å². The van der Waals surface area contributed by atoms with E-state index in [1.54, 1.807) is 11.8 Å². The summed E-state index contributed by atoms with van der Waals surface area (Å²) in [7, 11) is 0. The molecule has 0 aromatic heterocycles. The average molecular weight is 319 g/mol. The number of likely N-dealkylation sites (tertiary alicyclic amines) is 1. The number of piperidine rings is 1. The zero-order valence-corrected chi connectivity index (χ0v) is 14.1. The lowest BCUT2D eigenvalue weighted by molar-refractivity contribution is -0.163. The van der Waals surface area contributed by atoms with Crippen LogP contribution in [0.4, 0.5) is 4.79 Å². The Morgan fingerprint density at radius 2 is 1.96 bits per heavy atom. The molecule has 5 nitrogen and oxygen atoms in total. The fourth-order valence-electron chi connectivity index (χ4n) is 2.94. The second-order valence-corrected chi connectivity index (χ2v) is 5.92. The summed E-state index contributed by atoms with van der Waals surface area (Å²) >= 11 is 0. The summed E-state index contributed by atoms with van der Waals surface area (Å²) in [5, 5.41) is 0. The Hall–Kier alpha value is -2.04. The first-order chi connectivity index (χ1) is 11.0. The minimum Gasteiger partial charge on any atom is -0.426 e. The number of esters is 1. The van der Waals surface area contributed by atoms with Crippen LogP contribution in [-0.4, -0.2) is 36.3 Å².